The number of carboxylic acids is 2. The molecule has 0 bridgehead atoms. The quantitative estimate of drug-likeness (QED) is 0.0674. The predicted molar refractivity (Wildman–Crippen MR) is 117 cm³/mol. The van der Waals surface area contributed by atoms with Gasteiger partial charge in [0.15, 0.2) is 0 Å². The summed E-state index contributed by atoms with van der Waals surface area (Å²) in [4.78, 5) is 88.4. The van der Waals surface area contributed by atoms with Gasteiger partial charge in [-0.15, -0.1) is 0 Å². The van der Waals surface area contributed by atoms with E-state index < -0.39 is 129 Å². The fourth-order valence-corrected chi connectivity index (χ4v) is 5.99. The van der Waals surface area contributed by atoms with E-state index in [-0.39, 0.29) is 9.80 Å². The zero-order valence-electron chi connectivity index (χ0n) is 19.9. The van der Waals surface area contributed by atoms with Crippen LogP contribution in [0.25, 0.3) is 0 Å². The van der Waals surface area contributed by atoms with Crippen molar-refractivity contribution in [3.63, 3.8) is 0 Å². The smallest absolute Gasteiger partial charge is 0.351 e. The Kier molecular flexibility index (Phi) is 9.04. The number of hydrogen-bond acceptors (Lipinski definition) is 14. The summed E-state index contributed by atoms with van der Waals surface area (Å²) in [5, 5.41) is 18.3. The van der Waals surface area contributed by atoms with E-state index in [0.29, 0.717) is 0 Å². The predicted octanol–water partition coefficient (Wildman–Crippen LogP) is -3.51. The summed E-state index contributed by atoms with van der Waals surface area (Å²) in [6.45, 7) is -2.62. The van der Waals surface area contributed by atoms with Crippen LogP contribution in [0.4, 0.5) is 0 Å². The minimum atomic E-state index is -5.94. The molecule has 0 radical (unpaired) electrons. The minimum Gasteiger partial charge on any atom is -0.481 e. The van der Waals surface area contributed by atoms with Crippen LogP contribution < -0.4 is 0 Å². The van der Waals surface area contributed by atoms with Gasteiger partial charge in [-0.2, -0.15) is 16.8 Å². The van der Waals surface area contributed by atoms with Crippen LogP contribution in [-0.2, 0) is 68.1 Å². The molecule has 0 aromatic carbocycles. The highest BCUT2D eigenvalue weighted by atomic mass is 32.2. The van der Waals surface area contributed by atoms with Crippen LogP contribution in [0.2, 0.25) is 0 Å². The fraction of sp³-hybridized carbons (Fsp3) is 0.556. The lowest BCUT2D eigenvalue weighted by atomic mass is 10.1. The molecule has 2 aliphatic heterocycles. The van der Waals surface area contributed by atoms with Crippen LogP contribution >= 0.6 is 0 Å². The molecule has 22 heteroatoms. The summed E-state index contributed by atoms with van der Waals surface area (Å²) in [5.74, 6) is -14.1. The van der Waals surface area contributed by atoms with Crippen molar-refractivity contribution in [1.82, 2.24) is 9.80 Å². The second-order valence-corrected chi connectivity index (χ2v) is 11.4. The van der Waals surface area contributed by atoms with Crippen LogP contribution in [0.1, 0.15) is 38.5 Å². The van der Waals surface area contributed by atoms with Gasteiger partial charge in [0.2, 0.25) is 23.6 Å². The van der Waals surface area contributed by atoms with Gasteiger partial charge in [0.25, 0.3) is 9.74 Å². The van der Waals surface area contributed by atoms with Gasteiger partial charge in [-0.3, -0.25) is 37.9 Å². The maximum atomic E-state index is 12.7. The van der Waals surface area contributed by atoms with Crippen LogP contribution in [0.3, 0.4) is 0 Å². The van der Waals surface area contributed by atoms with Crippen molar-refractivity contribution in [2.45, 2.75) is 48.3 Å². The standard InChI is InChI=1S/C18H20N2O18S2/c21-9-1-2-10(22)19(9)17(7-13(25)26,39(31,32)33)15(29)37-5-6-38-16(30)18(8-14(27)28,40(34,35)36)20-11(23)3-4-12(20)24/h1-8H2,(H,25,26)(H,27,28)(H,31,32,33)(H,34,35,36). The molecule has 20 nitrogen and oxygen atoms in total. The molecule has 2 rings (SSSR count). The molecule has 0 saturated carbocycles. The number of ether oxygens (including phenoxy) is 2. The number of rotatable bonds is 13. The number of esters is 2. The third-order valence-corrected chi connectivity index (χ3v) is 8.34. The molecule has 4 N–H and O–H groups in total. The van der Waals surface area contributed by atoms with Gasteiger partial charge in [0, 0.05) is 25.7 Å². The van der Waals surface area contributed by atoms with Crippen LogP contribution in [-0.4, -0.2) is 116 Å². The lowest BCUT2D eigenvalue weighted by Gasteiger charge is -2.34. The second kappa shape index (κ2) is 11.2. The molecular weight excluding hydrogens is 596 g/mol. The Bertz CT molecular complexity index is 1260. The van der Waals surface area contributed by atoms with E-state index in [1.165, 1.54) is 0 Å². The molecule has 0 aromatic rings. The fourth-order valence-electron chi connectivity index (χ4n) is 3.97. The van der Waals surface area contributed by atoms with E-state index in [9.17, 15) is 64.3 Å². The van der Waals surface area contributed by atoms with Gasteiger partial charge in [-0.1, -0.05) is 0 Å². The van der Waals surface area contributed by atoms with Crippen molar-refractivity contribution in [3.05, 3.63) is 0 Å². The molecule has 0 spiro atoms. The number of carbonyl (C=O) groups excluding carboxylic acids is 6. The third-order valence-electron chi connectivity index (χ3n) is 5.65. The molecular formula is C18H20N2O18S2. The molecule has 0 aliphatic carbocycles. The van der Waals surface area contributed by atoms with Crippen LogP contribution in [0, 0.1) is 0 Å². The normalized spacial score (nSPS) is 19.2. The topological polar surface area (TPSA) is 311 Å². The Balaban J connectivity index is 2.36. The molecule has 2 aliphatic rings. The molecule has 2 atom stereocenters. The van der Waals surface area contributed by atoms with Crippen molar-refractivity contribution >= 4 is 67.7 Å². The van der Waals surface area contributed by atoms with Gasteiger partial charge < -0.3 is 19.7 Å². The number of hydrogen-bond donors (Lipinski definition) is 4. The van der Waals surface area contributed by atoms with E-state index in [1.54, 1.807) is 0 Å². The lowest BCUT2D eigenvalue weighted by Crippen LogP contribution is -2.63. The van der Waals surface area contributed by atoms with E-state index >= 15 is 0 Å². The summed E-state index contributed by atoms with van der Waals surface area (Å²) in [6.07, 6.45) is -6.39. The Labute approximate surface area is 223 Å². The number of carbonyl (C=O) groups is 8. The average molecular weight is 616 g/mol. The summed E-state index contributed by atoms with van der Waals surface area (Å²) >= 11 is 0. The van der Waals surface area contributed by atoms with E-state index in [1.807, 2.05) is 0 Å². The molecule has 2 heterocycles. The van der Waals surface area contributed by atoms with Gasteiger partial charge in [0.1, 0.15) is 13.2 Å². The first-order chi connectivity index (χ1) is 18.2. The Morgan fingerprint density at radius 3 is 1.07 bits per heavy atom. The van der Waals surface area contributed by atoms with Crippen molar-refractivity contribution in [2.75, 3.05) is 13.2 Å². The first-order valence-corrected chi connectivity index (χ1v) is 13.6. The van der Waals surface area contributed by atoms with Crippen molar-refractivity contribution in [3.8, 4) is 0 Å². The van der Waals surface area contributed by atoms with Gasteiger partial charge >= 0.3 is 44.1 Å². The summed E-state index contributed by atoms with van der Waals surface area (Å²) in [6, 6.07) is 0. The maximum absolute atomic E-state index is 12.7. The number of aliphatic carboxylic acids is 2. The van der Waals surface area contributed by atoms with Gasteiger partial charge in [-0.25, -0.2) is 19.4 Å². The summed E-state index contributed by atoms with van der Waals surface area (Å²) in [5.41, 5.74) is 0. The molecule has 2 unspecified atom stereocenters. The van der Waals surface area contributed by atoms with Crippen molar-refractivity contribution in [2.24, 2.45) is 0 Å². The molecule has 2 saturated heterocycles. The minimum absolute atomic E-state index is 0.314. The van der Waals surface area contributed by atoms with Crippen molar-refractivity contribution in [1.29, 1.82) is 0 Å². The highest BCUT2D eigenvalue weighted by Gasteiger charge is 2.64. The van der Waals surface area contributed by atoms with Crippen LogP contribution in [0.5, 0.6) is 0 Å². The second-order valence-electron chi connectivity index (χ2n) is 8.18. The molecule has 0 aromatic heterocycles. The van der Waals surface area contributed by atoms with E-state index in [2.05, 4.69) is 9.47 Å². The third kappa shape index (κ3) is 5.64. The van der Waals surface area contributed by atoms with E-state index in [0.717, 1.165) is 0 Å². The Hall–Kier alpha value is -4.02. The highest BCUT2D eigenvalue weighted by Crippen LogP contribution is 2.35. The Morgan fingerprint density at radius 2 is 0.875 bits per heavy atom. The average Bonchev–Trinajstić information content (AvgIpc) is 3.31. The molecule has 222 valence electrons. The maximum Gasteiger partial charge on any atom is 0.351 e. The molecule has 40 heavy (non-hydrogen) atoms. The largest absolute Gasteiger partial charge is 0.481 e. The number of amides is 4. The van der Waals surface area contributed by atoms with Crippen molar-refractivity contribution < 1.29 is 84.0 Å². The van der Waals surface area contributed by atoms with Gasteiger partial charge in [-0.05, 0) is 0 Å². The summed E-state index contributed by atoms with van der Waals surface area (Å²) < 4.78 is 77.0. The molecule has 2 fully saturated rings. The van der Waals surface area contributed by atoms with Gasteiger partial charge in [0.05, 0.1) is 12.8 Å². The number of imide groups is 2. The zero-order valence-corrected chi connectivity index (χ0v) is 21.5. The monoisotopic (exact) mass is 616 g/mol. The lowest BCUT2D eigenvalue weighted by molar-refractivity contribution is -0.170. The Morgan fingerprint density at radius 1 is 0.625 bits per heavy atom. The SMILES string of the molecule is O=C(O)CC(C(=O)OCCOC(=O)C(CC(=O)O)(N1C(=O)CCC1=O)S(=O)(=O)O)(N1C(=O)CCC1=O)S(=O)(=O)O. The summed E-state index contributed by atoms with van der Waals surface area (Å²) in [7, 11) is -11.9. The van der Waals surface area contributed by atoms with E-state index in [4.69, 9.17) is 10.2 Å². The van der Waals surface area contributed by atoms with Crippen LogP contribution in [0.15, 0.2) is 0 Å². The number of carboxylic acid groups (broad SMARTS) is 2. The zero-order chi connectivity index (χ0) is 30.8. The number of likely N-dealkylation sites (tertiary alicyclic amines) is 2. The highest BCUT2D eigenvalue weighted by molar-refractivity contribution is 7.88. The number of nitrogens with zero attached hydrogens (tertiary/aromatic N) is 2. The first-order valence-electron chi connectivity index (χ1n) is 10.7. The molecule has 4 amide bonds. The first kappa shape index (κ1) is 32.2.